The van der Waals surface area contributed by atoms with E-state index in [4.69, 9.17) is 0 Å². The van der Waals surface area contributed by atoms with Crippen LogP contribution in [0.25, 0.3) is 0 Å². The van der Waals surface area contributed by atoms with E-state index in [1.165, 1.54) is 19.3 Å². The maximum atomic E-state index is 10.9. The third-order valence-corrected chi connectivity index (χ3v) is 2.11. The first kappa shape index (κ1) is 18.0. The summed E-state index contributed by atoms with van der Waals surface area (Å²) in [7, 11) is 0. The molecule has 0 saturated heterocycles. The average molecular weight is 339 g/mol. The summed E-state index contributed by atoms with van der Waals surface area (Å²) in [6.07, 6.45) is 6.98. The van der Waals surface area contributed by atoms with Gasteiger partial charge in [-0.2, -0.15) is 0 Å². The summed E-state index contributed by atoms with van der Waals surface area (Å²) in [6, 6.07) is 0. The Kier molecular flexibility index (Phi) is 15.3. The second kappa shape index (κ2) is 12.7. The van der Waals surface area contributed by atoms with Crippen LogP contribution < -0.4 is 0 Å². The van der Waals surface area contributed by atoms with Crippen molar-refractivity contribution in [1.82, 2.24) is 0 Å². The van der Waals surface area contributed by atoms with Gasteiger partial charge in [0, 0.05) is 60.2 Å². The molecule has 0 aliphatic heterocycles. The van der Waals surface area contributed by atoms with E-state index in [0.29, 0.717) is 6.42 Å². The number of ketones is 1. The summed E-state index contributed by atoms with van der Waals surface area (Å²) in [4.78, 5) is 20.3. The molecule has 0 aliphatic carbocycles. The van der Waals surface area contributed by atoms with Crippen molar-refractivity contribution in [2.24, 2.45) is 0 Å². The van der Waals surface area contributed by atoms with Gasteiger partial charge in [0.15, 0.2) is 0 Å². The summed E-state index contributed by atoms with van der Waals surface area (Å²) >= 11 is 0. The number of Topliss-reactive ketones (excluding diaryl/α,β-unsaturated/α-hetero) is 1. The van der Waals surface area contributed by atoms with Gasteiger partial charge in [-0.15, -0.1) is 0 Å². The molecule has 0 rings (SSSR count). The molecule has 0 spiro atoms. The van der Waals surface area contributed by atoms with Gasteiger partial charge < -0.3 is 0 Å². The molecule has 0 amide bonds. The van der Waals surface area contributed by atoms with Gasteiger partial charge >= 0.3 is 0 Å². The molecule has 0 aliphatic rings. The van der Waals surface area contributed by atoms with Gasteiger partial charge in [-0.05, 0) is 6.42 Å². The van der Waals surface area contributed by atoms with Crippen LogP contribution in [0.2, 0.25) is 0 Å². The van der Waals surface area contributed by atoms with Gasteiger partial charge in [-0.1, -0.05) is 39.0 Å². The van der Waals surface area contributed by atoms with Crippen molar-refractivity contribution < 1.29 is 9.72 Å². The Labute approximate surface area is 131 Å². The summed E-state index contributed by atoms with van der Waals surface area (Å²) < 4.78 is 0. The summed E-state index contributed by atoms with van der Waals surface area (Å²) in [5.41, 5.74) is 0. The van der Waals surface area contributed by atoms with E-state index in [1.807, 2.05) is 0 Å². The first-order chi connectivity index (χ1) is 6.66. The molecule has 0 aromatic carbocycles. The fourth-order valence-corrected chi connectivity index (χ4v) is 1.33. The van der Waals surface area contributed by atoms with Crippen LogP contribution in [0.4, 0.5) is 0 Å². The fraction of sp³-hybridized carbons (Fsp3) is 0.900. The SMILES string of the molecule is CCCCCCCCC(=O)C[N+](=O)[O-].[Ba]. The van der Waals surface area contributed by atoms with E-state index < -0.39 is 11.5 Å². The van der Waals surface area contributed by atoms with E-state index in [9.17, 15) is 14.9 Å². The Morgan fingerprint density at radius 2 is 1.67 bits per heavy atom. The number of nitro groups is 1. The third kappa shape index (κ3) is 14.6. The van der Waals surface area contributed by atoms with Crippen LogP contribution in [0.3, 0.4) is 0 Å². The topological polar surface area (TPSA) is 60.2 Å². The van der Waals surface area contributed by atoms with Crippen LogP contribution in [-0.2, 0) is 4.79 Å². The molecule has 0 aromatic heterocycles. The molecule has 0 fully saturated rings. The Balaban J connectivity index is 0. The summed E-state index contributed by atoms with van der Waals surface area (Å²) in [6.45, 7) is 1.65. The smallest absolute Gasteiger partial charge is 0.261 e. The zero-order valence-electron chi connectivity index (χ0n) is 9.54. The minimum atomic E-state index is -0.556. The molecule has 4 nitrogen and oxygen atoms in total. The predicted molar refractivity (Wildman–Crippen MR) is 60.6 cm³/mol. The number of nitrogens with zero attached hydrogens (tertiary/aromatic N) is 1. The molecular formula is C10H19BaNO3. The molecule has 0 saturated carbocycles. The number of carbonyl (C=O) groups excluding carboxylic acids is 1. The van der Waals surface area contributed by atoms with Crippen LogP contribution in [0.5, 0.6) is 0 Å². The standard InChI is InChI=1S/C10H19NO3.Ba/c1-2-3-4-5-6-7-8-10(12)9-11(13)14;/h2-9H2,1H3;. The molecule has 5 heteroatoms. The molecule has 0 heterocycles. The Hall–Kier alpha value is 0.641. The van der Waals surface area contributed by atoms with Gasteiger partial charge in [0.2, 0.25) is 5.78 Å². The second-order valence-corrected chi connectivity index (χ2v) is 3.55. The van der Waals surface area contributed by atoms with Crippen molar-refractivity contribution in [3.63, 3.8) is 0 Å². The number of rotatable bonds is 9. The van der Waals surface area contributed by atoms with Gasteiger partial charge in [0.25, 0.3) is 6.54 Å². The van der Waals surface area contributed by atoms with Crippen LogP contribution in [0, 0.1) is 10.1 Å². The van der Waals surface area contributed by atoms with Crippen LogP contribution in [0.1, 0.15) is 51.9 Å². The van der Waals surface area contributed by atoms with E-state index in [1.54, 1.807) is 0 Å². The summed E-state index contributed by atoms with van der Waals surface area (Å²) in [5, 5.41) is 9.97. The molecule has 0 bridgehead atoms. The van der Waals surface area contributed by atoms with Crippen molar-refractivity contribution in [2.45, 2.75) is 51.9 Å². The van der Waals surface area contributed by atoms with Gasteiger partial charge in [-0.3, -0.25) is 14.9 Å². The minimum absolute atomic E-state index is 0. The van der Waals surface area contributed by atoms with Crippen LogP contribution in [0.15, 0.2) is 0 Å². The maximum Gasteiger partial charge on any atom is 0.261 e. The van der Waals surface area contributed by atoms with E-state index in [2.05, 4.69) is 6.92 Å². The van der Waals surface area contributed by atoms with E-state index >= 15 is 0 Å². The van der Waals surface area contributed by atoms with Crippen molar-refractivity contribution >= 4 is 54.7 Å². The molecule has 0 N–H and O–H groups in total. The number of unbranched alkanes of at least 4 members (excludes halogenated alkanes) is 5. The van der Waals surface area contributed by atoms with E-state index in [0.717, 1.165) is 19.3 Å². The largest absolute Gasteiger partial charge is 0.292 e. The Morgan fingerprint density at radius 3 is 2.20 bits per heavy atom. The maximum absolute atomic E-state index is 10.9. The van der Waals surface area contributed by atoms with Crippen molar-refractivity contribution in [3.8, 4) is 0 Å². The molecule has 0 unspecified atom stereocenters. The zero-order chi connectivity index (χ0) is 10.8. The van der Waals surface area contributed by atoms with Crippen LogP contribution >= 0.6 is 0 Å². The minimum Gasteiger partial charge on any atom is -0.292 e. The van der Waals surface area contributed by atoms with Gasteiger partial charge in [0.1, 0.15) is 0 Å². The number of carbonyl (C=O) groups is 1. The van der Waals surface area contributed by atoms with Crippen molar-refractivity contribution in [2.75, 3.05) is 6.54 Å². The second-order valence-electron chi connectivity index (χ2n) is 3.55. The van der Waals surface area contributed by atoms with Gasteiger partial charge in [0.05, 0.1) is 0 Å². The van der Waals surface area contributed by atoms with Crippen molar-refractivity contribution in [3.05, 3.63) is 10.1 Å². The zero-order valence-corrected chi connectivity index (χ0v) is 14.0. The molecule has 0 aromatic rings. The quantitative estimate of drug-likeness (QED) is 0.280. The fourth-order valence-electron chi connectivity index (χ4n) is 1.33. The number of hydrogen-bond acceptors (Lipinski definition) is 3. The number of hydrogen-bond donors (Lipinski definition) is 0. The molecule has 15 heavy (non-hydrogen) atoms. The first-order valence-corrected chi connectivity index (χ1v) is 5.30. The van der Waals surface area contributed by atoms with Gasteiger partial charge in [-0.25, -0.2) is 0 Å². The van der Waals surface area contributed by atoms with Crippen LogP contribution in [-0.4, -0.2) is 66.1 Å². The third-order valence-electron chi connectivity index (χ3n) is 2.11. The average Bonchev–Trinajstić information content (AvgIpc) is 2.10. The Bertz CT molecular complexity index is 186. The molecule has 84 valence electrons. The predicted octanol–water partition coefficient (Wildman–Crippen LogP) is 2.20. The van der Waals surface area contributed by atoms with E-state index in [-0.39, 0.29) is 54.7 Å². The van der Waals surface area contributed by atoms with Crippen molar-refractivity contribution in [1.29, 1.82) is 0 Å². The first-order valence-electron chi connectivity index (χ1n) is 5.30. The molecular weight excluding hydrogens is 319 g/mol. The monoisotopic (exact) mass is 339 g/mol. The Morgan fingerprint density at radius 1 is 1.13 bits per heavy atom. The summed E-state index contributed by atoms with van der Waals surface area (Å²) in [5.74, 6) is -0.245. The molecule has 0 atom stereocenters. The normalized spacial score (nSPS) is 9.40. The molecule has 2 radical (unpaired) electrons.